The van der Waals surface area contributed by atoms with Crippen LogP contribution in [-0.4, -0.2) is 37.0 Å². The van der Waals surface area contributed by atoms with Crippen molar-refractivity contribution in [1.82, 2.24) is 4.90 Å². The van der Waals surface area contributed by atoms with E-state index < -0.39 is 0 Å². The molecule has 1 amide bonds. The summed E-state index contributed by atoms with van der Waals surface area (Å²) in [6.45, 7) is 8.56. The summed E-state index contributed by atoms with van der Waals surface area (Å²) in [7, 11) is 0. The minimum absolute atomic E-state index is 0.245. The number of anilines is 1. The first-order valence-corrected chi connectivity index (χ1v) is 8.95. The van der Waals surface area contributed by atoms with Crippen LogP contribution in [0.25, 0.3) is 6.08 Å². The second-order valence-electron chi connectivity index (χ2n) is 6.50. The van der Waals surface area contributed by atoms with E-state index >= 15 is 0 Å². The highest BCUT2D eigenvalue weighted by atomic mass is 16.1. The molecule has 0 aliphatic carbocycles. The van der Waals surface area contributed by atoms with Gasteiger partial charge in [0.2, 0.25) is 6.41 Å². The van der Waals surface area contributed by atoms with Gasteiger partial charge in [0.05, 0.1) is 11.6 Å². The van der Waals surface area contributed by atoms with Crippen LogP contribution in [0.3, 0.4) is 0 Å². The predicted molar refractivity (Wildman–Crippen MR) is 103 cm³/mol. The third-order valence-electron chi connectivity index (χ3n) is 4.70. The molecule has 0 bridgehead atoms. The molecule has 132 valence electrons. The quantitative estimate of drug-likeness (QED) is 0.584. The number of piperazine rings is 1. The minimum Gasteiger partial charge on any atom is -0.365 e. The lowest BCUT2D eigenvalue weighted by molar-refractivity contribution is -0.118. The van der Waals surface area contributed by atoms with Crippen molar-refractivity contribution >= 4 is 18.2 Å². The summed E-state index contributed by atoms with van der Waals surface area (Å²) in [6, 6.07) is 6.46. The molecule has 1 saturated heterocycles. The van der Waals surface area contributed by atoms with E-state index in [0.717, 1.165) is 55.7 Å². The Labute approximate surface area is 151 Å². The van der Waals surface area contributed by atoms with Crippen molar-refractivity contribution in [2.24, 2.45) is 0 Å². The number of benzene rings is 1. The van der Waals surface area contributed by atoms with Gasteiger partial charge >= 0.3 is 0 Å². The lowest BCUT2D eigenvalue weighted by atomic mass is 9.98. The molecule has 1 aromatic rings. The van der Waals surface area contributed by atoms with Crippen molar-refractivity contribution < 1.29 is 4.79 Å². The van der Waals surface area contributed by atoms with Gasteiger partial charge in [-0.1, -0.05) is 37.6 Å². The Kier molecular flexibility index (Phi) is 6.82. The number of amides is 1. The summed E-state index contributed by atoms with van der Waals surface area (Å²) in [6.07, 6.45) is 11.5. The molecule has 25 heavy (non-hydrogen) atoms. The molecule has 1 aromatic carbocycles. The van der Waals surface area contributed by atoms with E-state index in [4.69, 9.17) is 0 Å². The molecule has 0 radical (unpaired) electrons. The van der Waals surface area contributed by atoms with Gasteiger partial charge in [0, 0.05) is 36.9 Å². The Morgan fingerprint density at radius 2 is 2.12 bits per heavy atom. The Bertz CT molecular complexity index is 700. The number of hydrogen-bond acceptors (Lipinski definition) is 3. The molecule has 1 atom stereocenters. The second-order valence-corrected chi connectivity index (χ2v) is 6.50. The maximum atomic E-state index is 11.0. The second kappa shape index (κ2) is 9.08. The van der Waals surface area contributed by atoms with Gasteiger partial charge in [-0.25, -0.2) is 0 Å². The number of unbranched alkanes of at least 4 members (excludes halogenated alkanes) is 1. The van der Waals surface area contributed by atoms with Gasteiger partial charge in [0.1, 0.15) is 0 Å². The van der Waals surface area contributed by atoms with E-state index in [9.17, 15) is 10.1 Å². The zero-order chi connectivity index (χ0) is 18.2. The number of nitriles is 1. The smallest absolute Gasteiger partial charge is 0.209 e. The van der Waals surface area contributed by atoms with E-state index in [1.165, 1.54) is 0 Å². The molecular formula is C21H27N3O. The van der Waals surface area contributed by atoms with Gasteiger partial charge in [-0.15, -0.1) is 0 Å². The standard InChI is InChI=1S/C21H27N3O/c1-4-5-6-7-8-9-20-18(3)19(14-22)10-11-21(20)24-13-12-23(16-25)15-17(24)2/h6-11,16-17H,4-5,12-13,15H2,1-3H3/b7-6-,9-8-. The first-order valence-electron chi connectivity index (χ1n) is 8.95. The largest absolute Gasteiger partial charge is 0.365 e. The van der Waals surface area contributed by atoms with E-state index in [0.29, 0.717) is 5.56 Å². The SMILES string of the molecule is CCC/C=C\C=C/c1c(N2CCN(C=O)CC2C)ccc(C#N)c1C. The van der Waals surface area contributed by atoms with E-state index in [1.54, 1.807) is 0 Å². The van der Waals surface area contributed by atoms with Crippen molar-refractivity contribution in [3.63, 3.8) is 0 Å². The van der Waals surface area contributed by atoms with Gasteiger partial charge < -0.3 is 9.80 Å². The lowest BCUT2D eigenvalue weighted by Gasteiger charge is -2.40. The summed E-state index contributed by atoms with van der Waals surface area (Å²) < 4.78 is 0. The summed E-state index contributed by atoms with van der Waals surface area (Å²) in [5, 5.41) is 9.36. The molecule has 0 saturated carbocycles. The highest BCUT2D eigenvalue weighted by Gasteiger charge is 2.25. The zero-order valence-corrected chi connectivity index (χ0v) is 15.4. The van der Waals surface area contributed by atoms with Crippen molar-refractivity contribution in [3.05, 3.63) is 47.1 Å². The van der Waals surface area contributed by atoms with Crippen LogP contribution < -0.4 is 4.90 Å². The number of allylic oxidation sites excluding steroid dienone is 3. The highest BCUT2D eigenvalue weighted by Crippen LogP contribution is 2.30. The fourth-order valence-corrected chi connectivity index (χ4v) is 3.23. The number of carbonyl (C=O) groups is 1. The monoisotopic (exact) mass is 337 g/mol. The number of carbonyl (C=O) groups excluding carboxylic acids is 1. The van der Waals surface area contributed by atoms with Crippen LogP contribution in [0.5, 0.6) is 0 Å². The van der Waals surface area contributed by atoms with Crippen molar-refractivity contribution in [2.75, 3.05) is 24.5 Å². The minimum atomic E-state index is 0.245. The van der Waals surface area contributed by atoms with Crippen LogP contribution in [0.1, 0.15) is 43.4 Å². The van der Waals surface area contributed by atoms with Crippen molar-refractivity contribution in [1.29, 1.82) is 5.26 Å². The van der Waals surface area contributed by atoms with Gasteiger partial charge in [0.15, 0.2) is 0 Å². The van der Waals surface area contributed by atoms with Crippen LogP contribution in [0.2, 0.25) is 0 Å². The first-order chi connectivity index (χ1) is 12.1. The number of rotatable bonds is 6. The normalized spacial score (nSPS) is 18.1. The van der Waals surface area contributed by atoms with Crippen LogP contribution in [0, 0.1) is 18.3 Å². The molecule has 1 aliphatic rings. The molecule has 2 rings (SSSR count). The number of hydrogen-bond donors (Lipinski definition) is 0. The van der Waals surface area contributed by atoms with E-state index in [2.05, 4.69) is 49.1 Å². The molecule has 0 aromatic heterocycles. The Morgan fingerprint density at radius 3 is 2.76 bits per heavy atom. The number of nitrogens with zero attached hydrogens (tertiary/aromatic N) is 3. The Hall–Kier alpha value is -2.54. The molecule has 0 spiro atoms. The third-order valence-corrected chi connectivity index (χ3v) is 4.70. The fourth-order valence-electron chi connectivity index (χ4n) is 3.23. The molecule has 1 heterocycles. The predicted octanol–water partition coefficient (Wildman–Crippen LogP) is 3.90. The molecule has 1 fully saturated rings. The summed E-state index contributed by atoms with van der Waals surface area (Å²) in [5.41, 5.74) is 3.94. The molecule has 1 aliphatic heterocycles. The maximum absolute atomic E-state index is 11.0. The fraction of sp³-hybridized carbons (Fsp3) is 0.429. The van der Waals surface area contributed by atoms with E-state index in [-0.39, 0.29) is 6.04 Å². The molecule has 0 N–H and O–H groups in total. The highest BCUT2D eigenvalue weighted by molar-refractivity contribution is 5.74. The van der Waals surface area contributed by atoms with Gasteiger partial charge in [0.25, 0.3) is 0 Å². The summed E-state index contributed by atoms with van der Waals surface area (Å²) in [4.78, 5) is 15.2. The molecule has 1 unspecified atom stereocenters. The van der Waals surface area contributed by atoms with Crippen LogP contribution in [0.15, 0.2) is 30.4 Å². The van der Waals surface area contributed by atoms with Crippen LogP contribution >= 0.6 is 0 Å². The van der Waals surface area contributed by atoms with Crippen LogP contribution in [0.4, 0.5) is 5.69 Å². The average Bonchev–Trinajstić information content (AvgIpc) is 2.62. The van der Waals surface area contributed by atoms with Crippen molar-refractivity contribution in [3.8, 4) is 6.07 Å². The first kappa shape index (κ1) is 18.8. The van der Waals surface area contributed by atoms with Gasteiger partial charge in [-0.05, 0) is 38.0 Å². The zero-order valence-electron chi connectivity index (χ0n) is 15.4. The summed E-state index contributed by atoms with van der Waals surface area (Å²) >= 11 is 0. The maximum Gasteiger partial charge on any atom is 0.209 e. The lowest BCUT2D eigenvalue weighted by Crippen LogP contribution is -2.51. The molecule has 4 heteroatoms. The third kappa shape index (κ3) is 4.51. The Morgan fingerprint density at radius 1 is 1.32 bits per heavy atom. The molecule has 4 nitrogen and oxygen atoms in total. The Balaban J connectivity index is 2.35. The van der Waals surface area contributed by atoms with Crippen LogP contribution in [-0.2, 0) is 4.79 Å². The average molecular weight is 337 g/mol. The van der Waals surface area contributed by atoms with Gasteiger partial charge in [-0.2, -0.15) is 5.26 Å². The molecular weight excluding hydrogens is 310 g/mol. The van der Waals surface area contributed by atoms with Gasteiger partial charge in [-0.3, -0.25) is 4.79 Å². The van der Waals surface area contributed by atoms with Crippen molar-refractivity contribution in [2.45, 2.75) is 39.7 Å². The summed E-state index contributed by atoms with van der Waals surface area (Å²) in [5.74, 6) is 0. The topological polar surface area (TPSA) is 47.3 Å². The van der Waals surface area contributed by atoms with E-state index in [1.807, 2.05) is 24.0 Å².